The van der Waals surface area contributed by atoms with Crippen molar-refractivity contribution < 1.29 is 42.1 Å². The monoisotopic (exact) mass is 1040 g/mol. The maximum Gasteiger partial charge on any atom is 0.306 e. The van der Waals surface area contributed by atoms with Crippen LogP contribution in [0.4, 0.5) is 0 Å². The van der Waals surface area contributed by atoms with Gasteiger partial charge in [0, 0.05) is 12.8 Å². The number of esters is 2. The Labute approximate surface area is 450 Å². The molecule has 0 aromatic carbocycles. The van der Waals surface area contributed by atoms with Gasteiger partial charge in [0.15, 0.2) is 6.10 Å². The lowest BCUT2D eigenvalue weighted by molar-refractivity contribution is -0.870. The summed E-state index contributed by atoms with van der Waals surface area (Å²) in [5.74, 6) is -0.829. The number of nitrogens with zero attached hydrogens (tertiary/aromatic N) is 1. The van der Waals surface area contributed by atoms with Crippen molar-refractivity contribution >= 4 is 19.8 Å². The zero-order valence-electron chi connectivity index (χ0n) is 47.8. The Morgan fingerprint density at radius 1 is 0.438 bits per heavy atom. The minimum Gasteiger partial charge on any atom is -0.756 e. The van der Waals surface area contributed by atoms with Gasteiger partial charge in [-0.25, -0.2) is 0 Å². The zero-order chi connectivity index (χ0) is 53.5. The average Bonchev–Trinajstić information content (AvgIpc) is 3.35. The third kappa shape index (κ3) is 58.3. The molecule has 2 atom stereocenters. The first-order chi connectivity index (χ1) is 35.5. The predicted molar refractivity (Wildman–Crippen MR) is 309 cm³/mol. The number of phosphoric acid groups is 1. The number of carbonyl (C=O) groups excluding carboxylic acids is 2. The number of quaternary nitrogens is 1. The van der Waals surface area contributed by atoms with Crippen molar-refractivity contribution in [3.63, 3.8) is 0 Å². The van der Waals surface area contributed by atoms with Gasteiger partial charge in [-0.05, 0) is 70.6 Å². The Balaban J connectivity index is 4.06. The molecule has 0 aliphatic rings. The highest BCUT2D eigenvalue weighted by Crippen LogP contribution is 2.38. The summed E-state index contributed by atoms with van der Waals surface area (Å²) in [6.45, 7) is 4.14. The van der Waals surface area contributed by atoms with Crippen LogP contribution in [-0.4, -0.2) is 70.0 Å². The fraction of sp³-hybridized carbons (Fsp3) is 0.746. The topological polar surface area (TPSA) is 111 Å². The number of unbranched alkanes of at least 4 members (excludes halogenated alkanes) is 26. The van der Waals surface area contributed by atoms with E-state index in [1.807, 2.05) is 21.1 Å². The van der Waals surface area contributed by atoms with Crippen LogP contribution in [0.1, 0.15) is 251 Å². The molecule has 0 aromatic rings. The molecular weight excluding hydrogens is 930 g/mol. The van der Waals surface area contributed by atoms with E-state index in [0.717, 1.165) is 83.5 Å². The summed E-state index contributed by atoms with van der Waals surface area (Å²) in [5.41, 5.74) is 0. The highest BCUT2D eigenvalue weighted by molar-refractivity contribution is 7.45. The number of hydrogen-bond donors (Lipinski definition) is 0. The summed E-state index contributed by atoms with van der Waals surface area (Å²) < 4.78 is 34.1. The van der Waals surface area contributed by atoms with Gasteiger partial charge < -0.3 is 27.9 Å². The number of allylic oxidation sites excluding steroid dienone is 14. The van der Waals surface area contributed by atoms with Gasteiger partial charge in [-0.1, -0.05) is 253 Å². The summed E-state index contributed by atoms with van der Waals surface area (Å²) >= 11 is 0. The second-order valence-corrected chi connectivity index (χ2v) is 22.4. The lowest BCUT2D eigenvalue weighted by Crippen LogP contribution is -2.37. The Hall–Kier alpha value is -2.81. The fourth-order valence-electron chi connectivity index (χ4n) is 8.11. The molecule has 9 nitrogen and oxygen atoms in total. The molecule has 0 radical (unpaired) electrons. The van der Waals surface area contributed by atoms with Crippen LogP contribution in [0.15, 0.2) is 85.1 Å². The number of likely N-dealkylation sites (N-methyl/N-ethyl adjacent to an activating group) is 1. The quantitative estimate of drug-likeness (QED) is 0.0195. The fourth-order valence-corrected chi connectivity index (χ4v) is 8.84. The van der Waals surface area contributed by atoms with E-state index in [2.05, 4.69) is 98.9 Å². The van der Waals surface area contributed by atoms with Gasteiger partial charge in [-0.2, -0.15) is 0 Å². The number of carbonyl (C=O) groups is 2. The van der Waals surface area contributed by atoms with E-state index < -0.39 is 26.5 Å². The van der Waals surface area contributed by atoms with Crippen molar-refractivity contribution in [2.24, 2.45) is 0 Å². The van der Waals surface area contributed by atoms with Crippen molar-refractivity contribution in [3.05, 3.63) is 85.1 Å². The largest absolute Gasteiger partial charge is 0.756 e. The van der Waals surface area contributed by atoms with Gasteiger partial charge in [0.05, 0.1) is 27.7 Å². The van der Waals surface area contributed by atoms with E-state index in [0.29, 0.717) is 17.4 Å². The summed E-state index contributed by atoms with van der Waals surface area (Å²) in [6.07, 6.45) is 72.1. The zero-order valence-corrected chi connectivity index (χ0v) is 48.7. The number of hydrogen-bond acceptors (Lipinski definition) is 8. The molecule has 0 bridgehead atoms. The van der Waals surface area contributed by atoms with E-state index in [9.17, 15) is 19.0 Å². The molecular formula is C63H112NO8P. The van der Waals surface area contributed by atoms with E-state index >= 15 is 0 Å². The molecule has 0 saturated carbocycles. The minimum absolute atomic E-state index is 0.0320. The molecule has 0 spiro atoms. The normalized spacial score (nSPS) is 13.9. The SMILES string of the molecule is CC/C=C\C/C=C\C/C=C\C/C=C\C/C=C\C/C=C\C/C=C\CCCCCCCCCCCCCCCC(=O)OC(COC(=O)CCCCCCCCCCCCCCCC)COP(=O)([O-])OCC[N+](C)(C)C. The second-order valence-electron chi connectivity index (χ2n) is 21.0. The van der Waals surface area contributed by atoms with Gasteiger partial charge in [0.2, 0.25) is 0 Å². The van der Waals surface area contributed by atoms with Crippen molar-refractivity contribution in [1.29, 1.82) is 0 Å². The first-order valence-electron chi connectivity index (χ1n) is 29.8. The maximum absolute atomic E-state index is 12.8. The molecule has 0 aliphatic carbocycles. The summed E-state index contributed by atoms with van der Waals surface area (Å²) in [7, 11) is 1.17. The van der Waals surface area contributed by atoms with Gasteiger partial charge in [0.25, 0.3) is 7.82 Å². The van der Waals surface area contributed by atoms with Crippen LogP contribution in [0.25, 0.3) is 0 Å². The lowest BCUT2D eigenvalue weighted by atomic mass is 10.0. The second kappa shape index (κ2) is 54.0. The number of rotatable bonds is 54. The standard InChI is InChI=1S/C63H112NO8P/c1-6-8-10-12-14-16-18-20-22-23-24-25-26-27-28-29-30-31-32-33-34-35-36-37-38-39-40-41-42-44-46-48-50-52-54-56-63(66)72-61(60-71-73(67,68)70-58-57-64(3,4)5)59-69-62(65)55-53-51-49-47-45-43-21-19-17-15-13-11-9-7-2/h8,10,14,16,20,22,24-25,27-28,30-31,33-34,61H,6-7,9,11-13,15,17-19,21,23,26,29,32,35-60H2,1-5H3/b10-8-,16-14-,22-20-,25-24-,28-27-,31-30-,34-33-. The number of phosphoric ester groups is 1. The van der Waals surface area contributed by atoms with Gasteiger partial charge >= 0.3 is 11.9 Å². The van der Waals surface area contributed by atoms with Crippen LogP contribution >= 0.6 is 7.82 Å². The van der Waals surface area contributed by atoms with Crippen molar-refractivity contribution in [3.8, 4) is 0 Å². The van der Waals surface area contributed by atoms with Crippen molar-refractivity contribution in [2.75, 3.05) is 47.5 Å². The highest BCUT2D eigenvalue weighted by atomic mass is 31.2. The first-order valence-corrected chi connectivity index (χ1v) is 31.3. The van der Waals surface area contributed by atoms with Crippen LogP contribution in [0.5, 0.6) is 0 Å². The molecule has 10 heteroatoms. The van der Waals surface area contributed by atoms with E-state index in [4.69, 9.17) is 18.5 Å². The molecule has 0 N–H and O–H groups in total. The molecule has 0 saturated heterocycles. The van der Waals surface area contributed by atoms with Crippen LogP contribution in [0.3, 0.4) is 0 Å². The van der Waals surface area contributed by atoms with Gasteiger partial charge in [-0.15, -0.1) is 0 Å². The van der Waals surface area contributed by atoms with Gasteiger partial charge in [-0.3, -0.25) is 14.2 Å². The van der Waals surface area contributed by atoms with Gasteiger partial charge in [0.1, 0.15) is 19.8 Å². The van der Waals surface area contributed by atoms with Crippen LogP contribution < -0.4 is 4.89 Å². The Bertz CT molecular complexity index is 1510. The molecule has 0 aliphatic heterocycles. The van der Waals surface area contributed by atoms with Crippen molar-refractivity contribution in [1.82, 2.24) is 0 Å². The van der Waals surface area contributed by atoms with Crippen LogP contribution in [0.2, 0.25) is 0 Å². The van der Waals surface area contributed by atoms with E-state index in [-0.39, 0.29) is 32.0 Å². The molecule has 2 unspecified atom stereocenters. The third-order valence-electron chi connectivity index (χ3n) is 12.7. The maximum atomic E-state index is 12.8. The Morgan fingerprint density at radius 2 is 0.781 bits per heavy atom. The smallest absolute Gasteiger partial charge is 0.306 e. The minimum atomic E-state index is -4.63. The molecule has 73 heavy (non-hydrogen) atoms. The van der Waals surface area contributed by atoms with Crippen LogP contribution in [0, 0.1) is 0 Å². The number of ether oxygens (including phenoxy) is 2. The Morgan fingerprint density at radius 3 is 1.16 bits per heavy atom. The summed E-state index contributed by atoms with van der Waals surface area (Å²) in [4.78, 5) is 37.8. The highest BCUT2D eigenvalue weighted by Gasteiger charge is 2.22. The molecule has 0 aromatic heterocycles. The van der Waals surface area contributed by atoms with E-state index in [1.165, 1.54) is 135 Å². The molecule has 0 amide bonds. The van der Waals surface area contributed by atoms with E-state index in [1.54, 1.807) is 0 Å². The molecule has 0 fully saturated rings. The summed E-state index contributed by atoms with van der Waals surface area (Å²) in [6, 6.07) is 0. The molecule has 0 rings (SSSR count). The lowest BCUT2D eigenvalue weighted by Gasteiger charge is -2.28. The molecule has 422 valence electrons. The van der Waals surface area contributed by atoms with Crippen LogP contribution in [-0.2, 0) is 32.7 Å². The molecule has 0 heterocycles. The predicted octanol–water partition coefficient (Wildman–Crippen LogP) is 18.0. The summed E-state index contributed by atoms with van der Waals surface area (Å²) in [5, 5.41) is 0. The average molecular weight is 1040 g/mol. The van der Waals surface area contributed by atoms with Crippen molar-refractivity contribution in [2.45, 2.75) is 258 Å². The first kappa shape index (κ1) is 70.2. The Kier molecular flexibility index (Phi) is 51.9. The third-order valence-corrected chi connectivity index (χ3v) is 13.6.